The maximum atomic E-state index is 12.2. The molecule has 0 saturated carbocycles. The van der Waals surface area contributed by atoms with Crippen LogP contribution in [0.3, 0.4) is 0 Å². The predicted molar refractivity (Wildman–Crippen MR) is 114 cm³/mol. The van der Waals surface area contributed by atoms with Gasteiger partial charge >= 0.3 is 5.97 Å². The van der Waals surface area contributed by atoms with Crippen molar-refractivity contribution in [1.82, 2.24) is 9.78 Å². The third kappa shape index (κ3) is 5.97. The van der Waals surface area contributed by atoms with E-state index in [-0.39, 0.29) is 35.7 Å². The van der Waals surface area contributed by atoms with E-state index in [1.165, 1.54) is 29.8 Å². The Kier molecular flexibility index (Phi) is 8.57. The fourth-order valence-electron chi connectivity index (χ4n) is 2.96. The molecule has 2 heterocycles. The quantitative estimate of drug-likeness (QED) is 0.530. The third-order valence-electron chi connectivity index (χ3n) is 4.45. The van der Waals surface area contributed by atoms with Crippen LogP contribution in [0.4, 0.5) is 5.69 Å². The second-order valence-electron chi connectivity index (χ2n) is 7.15. The molecule has 0 saturated heterocycles. The molecule has 162 valence electrons. The van der Waals surface area contributed by atoms with Crippen molar-refractivity contribution < 1.29 is 19.4 Å². The van der Waals surface area contributed by atoms with Crippen LogP contribution >= 0.6 is 23.4 Å². The van der Waals surface area contributed by atoms with Crippen molar-refractivity contribution in [3.05, 3.63) is 32.6 Å². The smallest absolute Gasteiger partial charge is 0.334 e. The molecular weight excluding hydrogens is 418 g/mol. The molecule has 2 unspecified atom stereocenters. The van der Waals surface area contributed by atoms with Gasteiger partial charge in [-0.3, -0.25) is 4.79 Å². The van der Waals surface area contributed by atoms with Crippen molar-refractivity contribution >= 4 is 35.0 Å². The number of hydrogen-bond donors (Lipinski definition) is 2. The van der Waals surface area contributed by atoms with E-state index in [2.05, 4.69) is 10.4 Å². The molecule has 8 nitrogen and oxygen atoms in total. The lowest BCUT2D eigenvalue weighted by molar-refractivity contribution is -0.136. The van der Waals surface area contributed by atoms with E-state index in [1.807, 2.05) is 20.8 Å². The Morgan fingerprint density at radius 3 is 2.86 bits per heavy atom. The van der Waals surface area contributed by atoms with Crippen molar-refractivity contribution in [1.29, 1.82) is 0 Å². The van der Waals surface area contributed by atoms with Crippen LogP contribution in [0.5, 0.6) is 0 Å². The first kappa shape index (κ1) is 23.7. The maximum absolute atomic E-state index is 12.2. The molecular formula is C19H28ClN3O5S. The molecule has 10 heteroatoms. The third-order valence-corrected chi connectivity index (χ3v) is 6.12. The summed E-state index contributed by atoms with van der Waals surface area (Å²) in [5.74, 6) is -0.362. The number of esters is 1. The molecule has 1 aromatic heterocycles. The molecule has 29 heavy (non-hydrogen) atoms. The summed E-state index contributed by atoms with van der Waals surface area (Å²) in [5, 5.41) is 19.1. The van der Waals surface area contributed by atoms with Crippen molar-refractivity contribution in [3.8, 4) is 0 Å². The molecule has 1 aromatic rings. The summed E-state index contributed by atoms with van der Waals surface area (Å²) in [7, 11) is 1.35. The molecule has 1 aliphatic rings. The molecule has 0 radical (unpaired) electrons. The highest BCUT2D eigenvalue weighted by Crippen LogP contribution is 2.45. The molecule has 2 rings (SSSR count). The number of anilines is 1. The number of halogens is 1. The zero-order valence-electron chi connectivity index (χ0n) is 17.1. The molecule has 0 amide bonds. The Bertz CT molecular complexity index is 814. The average Bonchev–Trinajstić information content (AvgIpc) is 3.11. The Morgan fingerprint density at radius 1 is 1.52 bits per heavy atom. The number of carbonyl (C=O) groups excluding carboxylic acids is 1. The van der Waals surface area contributed by atoms with Crippen LogP contribution in [-0.4, -0.2) is 52.2 Å². The van der Waals surface area contributed by atoms with Crippen LogP contribution in [0.1, 0.15) is 46.1 Å². The highest BCUT2D eigenvalue weighted by molar-refractivity contribution is 8.03. The van der Waals surface area contributed by atoms with E-state index in [0.717, 1.165) is 12.8 Å². The summed E-state index contributed by atoms with van der Waals surface area (Å²) in [4.78, 5) is 23.4. The zero-order valence-corrected chi connectivity index (χ0v) is 18.7. The molecule has 0 bridgehead atoms. The summed E-state index contributed by atoms with van der Waals surface area (Å²) >= 11 is 7.57. The minimum Gasteiger partial charge on any atom is -0.466 e. The molecule has 0 spiro atoms. The van der Waals surface area contributed by atoms with Gasteiger partial charge in [0, 0.05) is 18.5 Å². The maximum Gasteiger partial charge on any atom is 0.334 e. The standard InChI is InChI=1S/C19H28ClN3O5S/c1-5-6-19(7-13(11-29-19)18(26)27-4)28-10-14(24)8-21-15-9-22-23(12(2)3)17(25)16(15)20/h9,11-12,14,21,24H,5-8,10H2,1-4H3. The van der Waals surface area contributed by atoms with Gasteiger partial charge in [-0.15, -0.1) is 0 Å². The second kappa shape index (κ2) is 10.5. The van der Waals surface area contributed by atoms with Gasteiger partial charge in [0.2, 0.25) is 0 Å². The Labute approximate surface area is 179 Å². The first-order valence-electron chi connectivity index (χ1n) is 9.51. The number of nitrogens with one attached hydrogen (secondary N) is 1. The van der Waals surface area contributed by atoms with Crippen LogP contribution in [-0.2, 0) is 14.3 Å². The summed E-state index contributed by atoms with van der Waals surface area (Å²) in [5.41, 5.74) is 0.547. The number of rotatable bonds is 10. The molecule has 0 aromatic carbocycles. The Balaban J connectivity index is 1.92. The van der Waals surface area contributed by atoms with E-state index >= 15 is 0 Å². The fourth-order valence-corrected chi connectivity index (χ4v) is 4.40. The van der Waals surface area contributed by atoms with Crippen LogP contribution in [0.15, 0.2) is 22.0 Å². The van der Waals surface area contributed by atoms with E-state index in [1.54, 1.807) is 5.41 Å². The molecule has 0 fully saturated rings. The van der Waals surface area contributed by atoms with Gasteiger partial charge < -0.3 is 19.9 Å². The Morgan fingerprint density at radius 2 is 2.24 bits per heavy atom. The molecule has 0 aliphatic carbocycles. The number of carbonyl (C=O) groups is 1. The van der Waals surface area contributed by atoms with E-state index in [4.69, 9.17) is 21.1 Å². The molecule has 2 atom stereocenters. The van der Waals surface area contributed by atoms with Crippen LogP contribution < -0.4 is 10.9 Å². The highest BCUT2D eigenvalue weighted by atomic mass is 35.5. The Hall–Kier alpha value is -1.55. The van der Waals surface area contributed by atoms with Gasteiger partial charge in [-0.1, -0.05) is 36.7 Å². The topological polar surface area (TPSA) is 103 Å². The summed E-state index contributed by atoms with van der Waals surface area (Å²) in [6.07, 6.45) is 2.67. The fraction of sp³-hybridized carbons (Fsp3) is 0.632. The largest absolute Gasteiger partial charge is 0.466 e. The van der Waals surface area contributed by atoms with Crippen molar-refractivity contribution in [2.45, 2.75) is 57.1 Å². The van der Waals surface area contributed by atoms with Gasteiger partial charge in [-0.25, -0.2) is 9.48 Å². The average molecular weight is 446 g/mol. The monoisotopic (exact) mass is 445 g/mol. The summed E-state index contributed by atoms with van der Waals surface area (Å²) in [6.45, 7) is 5.92. The normalized spacial score (nSPS) is 19.9. The number of ether oxygens (including phenoxy) is 2. The lowest BCUT2D eigenvalue weighted by Crippen LogP contribution is -2.34. The van der Waals surface area contributed by atoms with Gasteiger partial charge in [-0.2, -0.15) is 5.10 Å². The zero-order chi connectivity index (χ0) is 21.6. The number of aromatic nitrogens is 2. The van der Waals surface area contributed by atoms with Gasteiger partial charge in [0.15, 0.2) is 0 Å². The van der Waals surface area contributed by atoms with Gasteiger partial charge in [-0.05, 0) is 25.7 Å². The SMILES string of the molecule is CCCC1(OCC(O)CNc2cnn(C(C)C)c(=O)c2Cl)CC(C(=O)OC)=CS1. The minimum atomic E-state index is -0.838. The van der Waals surface area contributed by atoms with Crippen molar-refractivity contribution in [3.63, 3.8) is 0 Å². The van der Waals surface area contributed by atoms with Gasteiger partial charge in [0.05, 0.1) is 37.7 Å². The first-order valence-corrected chi connectivity index (χ1v) is 10.8. The molecule has 2 N–H and O–H groups in total. The summed E-state index contributed by atoms with van der Waals surface area (Å²) < 4.78 is 12.1. The van der Waals surface area contributed by atoms with E-state index < -0.39 is 11.0 Å². The lowest BCUT2D eigenvalue weighted by atomic mass is 10.1. The van der Waals surface area contributed by atoms with Crippen molar-refractivity contribution in [2.75, 3.05) is 25.6 Å². The lowest BCUT2D eigenvalue weighted by Gasteiger charge is -2.29. The van der Waals surface area contributed by atoms with E-state index in [9.17, 15) is 14.7 Å². The first-order chi connectivity index (χ1) is 13.7. The number of hydrogen-bond acceptors (Lipinski definition) is 8. The highest BCUT2D eigenvalue weighted by Gasteiger charge is 2.38. The predicted octanol–water partition coefficient (Wildman–Crippen LogP) is 2.96. The number of methoxy groups -OCH3 is 1. The number of nitrogens with zero attached hydrogens (tertiary/aromatic N) is 2. The number of aliphatic hydroxyl groups excluding tert-OH is 1. The van der Waals surface area contributed by atoms with Gasteiger partial charge in [0.25, 0.3) is 5.56 Å². The van der Waals surface area contributed by atoms with Crippen molar-refractivity contribution in [2.24, 2.45) is 0 Å². The molecule has 1 aliphatic heterocycles. The van der Waals surface area contributed by atoms with Crippen LogP contribution in [0, 0.1) is 0 Å². The summed E-state index contributed by atoms with van der Waals surface area (Å²) in [6, 6.07) is -0.102. The van der Waals surface area contributed by atoms with Crippen LogP contribution in [0.2, 0.25) is 5.02 Å². The van der Waals surface area contributed by atoms with Crippen LogP contribution in [0.25, 0.3) is 0 Å². The minimum absolute atomic E-state index is 0.0301. The number of aliphatic hydroxyl groups is 1. The van der Waals surface area contributed by atoms with Gasteiger partial charge in [0.1, 0.15) is 9.96 Å². The van der Waals surface area contributed by atoms with E-state index in [0.29, 0.717) is 17.7 Å². The number of thioether (sulfide) groups is 1. The second-order valence-corrected chi connectivity index (χ2v) is 8.74.